The molecule has 2 unspecified atom stereocenters. The van der Waals surface area contributed by atoms with Crippen molar-refractivity contribution < 1.29 is 24.5 Å². The van der Waals surface area contributed by atoms with E-state index in [1.54, 1.807) is 6.08 Å². The number of hydrogen-bond donors (Lipinski definition) is 3. The van der Waals surface area contributed by atoms with Crippen molar-refractivity contribution in [1.29, 1.82) is 0 Å². The Labute approximate surface area is 462 Å². The van der Waals surface area contributed by atoms with E-state index in [-0.39, 0.29) is 18.5 Å². The average molecular weight is 1040 g/mol. The van der Waals surface area contributed by atoms with E-state index in [1.807, 2.05) is 6.08 Å². The Hall–Kier alpha value is -1.66. The first-order valence-corrected chi connectivity index (χ1v) is 33.6. The fraction of sp³-hybridized carbons (Fsp3) is 0.912. The van der Waals surface area contributed by atoms with Crippen molar-refractivity contribution in [3.63, 3.8) is 0 Å². The normalized spacial score (nSPS) is 12.6. The Kier molecular flexibility index (Phi) is 62.4. The highest BCUT2D eigenvalue weighted by Crippen LogP contribution is 2.18. The van der Waals surface area contributed by atoms with Crippen LogP contribution < -0.4 is 5.32 Å². The van der Waals surface area contributed by atoms with Gasteiger partial charge in [-0.2, -0.15) is 0 Å². The molecule has 0 fully saturated rings. The summed E-state index contributed by atoms with van der Waals surface area (Å²) in [5.74, 6) is -0.0488. The third kappa shape index (κ3) is 59.6. The van der Waals surface area contributed by atoms with Crippen LogP contribution >= 0.6 is 0 Å². The van der Waals surface area contributed by atoms with Crippen molar-refractivity contribution in [2.45, 2.75) is 386 Å². The van der Waals surface area contributed by atoms with E-state index in [0.29, 0.717) is 19.4 Å². The molecule has 0 aliphatic heterocycles. The zero-order valence-corrected chi connectivity index (χ0v) is 50.1. The second-order valence-electron chi connectivity index (χ2n) is 23.2. The van der Waals surface area contributed by atoms with Crippen LogP contribution in [0, 0.1) is 0 Å². The quantitative estimate of drug-likeness (QED) is 0.0320. The molecule has 0 radical (unpaired) electrons. The van der Waals surface area contributed by atoms with Gasteiger partial charge in [-0.3, -0.25) is 9.59 Å². The number of hydrogen-bond acceptors (Lipinski definition) is 5. The molecular formula is C68H131NO5. The smallest absolute Gasteiger partial charge is 0.305 e. The maximum Gasteiger partial charge on any atom is 0.305 e. The Balaban J connectivity index is 3.35. The van der Waals surface area contributed by atoms with E-state index in [0.717, 1.165) is 38.5 Å². The minimum atomic E-state index is -0.843. The SMILES string of the molecule is CCCCCCCCCCC/C=C/C(O)C(CO)NC(=O)CCCCCCCCCCCCC/C=C\CCCCCCCCCCCCCCOC(=O)CCCCCCCCCCCCCCCCCCCCC. The third-order valence-electron chi connectivity index (χ3n) is 15.7. The van der Waals surface area contributed by atoms with Gasteiger partial charge in [0.05, 0.1) is 25.4 Å². The minimum absolute atomic E-state index is 0.0199. The second-order valence-corrected chi connectivity index (χ2v) is 23.2. The topological polar surface area (TPSA) is 95.9 Å². The molecule has 0 aromatic heterocycles. The number of allylic oxidation sites excluding steroid dienone is 3. The molecule has 1 amide bonds. The van der Waals surface area contributed by atoms with Crippen LogP contribution in [0.5, 0.6) is 0 Å². The lowest BCUT2D eigenvalue weighted by atomic mass is 10.0. The summed E-state index contributed by atoms with van der Waals surface area (Å²) in [4.78, 5) is 24.5. The zero-order chi connectivity index (χ0) is 53.6. The molecule has 0 heterocycles. The standard InChI is InChI=1S/C68H131NO5/c1-3-5-7-9-11-13-15-16-17-18-28-32-35-38-42-46-50-54-58-62-68(73)74-63-59-55-51-47-43-39-36-33-30-27-25-23-21-19-20-22-24-26-29-31-34-37-41-45-49-53-57-61-67(72)69-65(64-70)66(71)60-56-52-48-44-40-14-12-10-8-6-4-2/h19-20,56,60,65-66,70-71H,3-18,21-55,57-59,61-64H2,1-2H3,(H,69,72)/b20-19-,60-56+. The largest absolute Gasteiger partial charge is 0.466 e. The third-order valence-corrected chi connectivity index (χ3v) is 15.7. The molecule has 2 atom stereocenters. The molecule has 0 rings (SSSR count). The Bertz CT molecular complexity index is 1150. The predicted octanol–water partition coefficient (Wildman–Crippen LogP) is 21.4. The Morgan fingerprint density at radius 2 is 0.635 bits per heavy atom. The van der Waals surface area contributed by atoms with Gasteiger partial charge in [-0.05, 0) is 57.8 Å². The molecule has 0 aliphatic rings. The van der Waals surface area contributed by atoms with Gasteiger partial charge < -0.3 is 20.3 Å². The van der Waals surface area contributed by atoms with Crippen molar-refractivity contribution in [3.8, 4) is 0 Å². The van der Waals surface area contributed by atoms with Gasteiger partial charge in [0, 0.05) is 12.8 Å². The van der Waals surface area contributed by atoms with Gasteiger partial charge in [-0.15, -0.1) is 0 Å². The molecular weight excluding hydrogens is 911 g/mol. The summed E-state index contributed by atoms with van der Waals surface area (Å²) in [6, 6.07) is -0.627. The van der Waals surface area contributed by atoms with Gasteiger partial charge in [0.1, 0.15) is 0 Å². The van der Waals surface area contributed by atoms with Gasteiger partial charge in [-0.1, -0.05) is 327 Å². The summed E-state index contributed by atoms with van der Waals surface area (Å²) in [7, 11) is 0. The molecule has 0 aromatic carbocycles. The zero-order valence-electron chi connectivity index (χ0n) is 50.1. The fourth-order valence-electron chi connectivity index (χ4n) is 10.6. The molecule has 74 heavy (non-hydrogen) atoms. The first-order valence-electron chi connectivity index (χ1n) is 33.6. The summed E-state index contributed by atoms with van der Waals surface area (Å²) in [5, 5.41) is 23.0. The number of carbonyl (C=O) groups is 2. The molecule has 0 saturated heterocycles. The predicted molar refractivity (Wildman–Crippen MR) is 324 cm³/mol. The molecule has 6 nitrogen and oxygen atoms in total. The average Bonchev–Trinajstić information content (AvgIpc) is 3.40. The lowest BCUT2D eigenvalue weighted by Crippen LogP contribution is -2.45. The van der Waals surface area contributed by atoms with Crippen molar-refractivity contribution in [2.75, 3.05) is 13.2 Å². The number of aliphatic hydroxyl groups excluding tert-OH is 2. The first kappa shape index (κ1) is 72.3. The molecule has 0 spiro atoms. The summed E-state index contributed by atoms with van der Waals surface area (Å²) in [6.07, 6.45) is 79.7. The number of rotatable bonds is 63. The van der Waals surface area contributed by atoms with Crippen LogP contribution in [-0.4, -0.2) is 47.4 Å². The van der Waals surface area contributed by atoms with Gasteiger partial charge in [0.2, 0.25) is 5.91 Å². The lowest BCUT2D eigenvalue weighted by molar-refractivity contribution is -0.143. The summed E-state index contributed by atoms with van der Waals surface area (Å²) < 4.78 is 5.51. The summed E-state index contributed by atoms with van der Waals surface area (Å²) >= 11 is 0. The van der Waals surface area contributed by atoms with E-state index in [1.165, 1.54) is 308 Å². The van der Waals surface area contributed by atoms with Gasteiger partial charge in [0.25, 0.3) is 0 Å². The number of ether oxygens (including phenoxy) is 1. The number of unbranched alkanes of at least 4 members (excludes halogenated alkanes) is 50. The van der Waals surface area contributed by atoms with Gasteiger partial charge >= 0.3 is 5.97 Å². The highest BCUT2D eigenvalue weighted by atomic mass is 16.5. The highest BCUT2D eigenvalue weighted by molar-refractivity contribution is 5.76. The number of nitrogens with one attached hydrogen (secondary N) is 1. The van der Waals surface area contributed by atoms with E-state index < -0.39 is 12.1 Å². The van der Waals surface area contributed by atoms with Crippen molar-refractivity contribution >= 4 is 11.9 Å². The fourth-order valence-corrected chi connectivity index (χ4v) is 10.6. The maximum absolute atomic E-state index is 12.4. The van der Waals surface area contributed by atoms with E-state index >= 15 is 0 Å². The van der Waals surface area contributed by atoms with E-state index in [9.17, 15) is 19.8 Å². The number of esters is 1. The molecule has 6 heteroatoms. The number of carbonyl (C=O) groups excluding carboxylic acids is 2. The van der Waals surface area contributed by atoms with E-state index in [4.69, 9.17) is 4.74 Å². The van der Waals surface area contributed by atoms with Crippen LogP contribution in [0.3, 0.4) is 0 Å². The highest BCUT2D eigenvalue weighted by Gasteiger charge is 2.18. The van der Waals surface area contributed by atoms with Crippen LogP contribution in [0.4, 0.5) is 0 Å². The van der Waals surface area contributed by atoms with Gasteiger partial charge in [0.15, 0.2) is 0 Å². The van der Waals surface area contributed by atoms with Crippen LogP contribution in [-0.2, 0) is 14.3 Å². The Morgan fingerprint density at radius 1 is 0.365 bits per heavy atom. The van der Waals surface area contributed by atoms with Crippen LogP contribution in [0.1, 0.15) is 373 Å². The van der Waals surface area contributed by atoms with Gasteiger partial charge in [-0.25, -0.2) is 0 Å². The van der Waals surface area contributed by atoms with Crippen molar-refractivity contribution in [2.24, 2.45) is 0 Å². The van der Waals surface area contributed by atoms with Crippen LogP contribution in [0.2, 0.25) is 0 Å². The van der Waals surface area contributed by atoms with Crippen LogP contribution in [0.15, 0.2) is 24.3 Å². The molecule has 3 N–H and O–H groups in total. The molecule has 0 bridgehead atoms. The molecule has 0 saturated carbocycles. The van der Waals surface area contributed by atoms with Crippen LogP contribution in [0.25, 0.3) is 0 Å². The van der Waals surface area contributed by atoms with E-state index in [2.05, 4.69) is 31.3 Å². The second kappa shape index (κ2) is 63.9. The molecule has 0 aromatic rings. The monoisotopic (exact) mass is 1040 g/mol. The molecule has 438 valence electrons. The molecule has 0 aliphatic carbocycles. The number of aliphatic hydroxyl groups is 2. The first-order chi connectivity index (χ1) is 36.5. The summed E-state index contributed by atoms with van der Waals surface area (Å²) in [6.45, 7) is 4.92. The van der Waals surface area contributed by atoms with Crippen molar-refractivity contribution in [1.82, 2.24) is 5.32 Å². The minimum Gasteiger partial charge on any atom is -0.466 e. The van der Waals surface area contributed by atoms with Crippen molar-refractivity contribution in [3.05, 3.63) is 24.3 Å². The summed E-state index contributed by atoms with van der Waals surface area (Å²) in [5.41, 5.74) is 0. The lowest BCUT2D eigenvalue weighted by Gasteiger charge is -2.20. The maximum atomic E-state index is 12.4. The Morgan fingerprint density at radius 3 is 0.959 bits per heavy atom. The number of amides is 1.